The number of hydrogen-bond acceptors (Lipinski definition) is 2. The van der Waals surface area contributed by atoms with E-state index in [1.165, 1.54) is 54.9 Å². The Kier molecular flexibility index (Phi) is 11.0. The summed E-state index contributed by atoms with van der Waals surface area (Å²) in [5, 5.41) is 4.78. The molecule has 4 N–H and O–H groups in total. The van der Waals surface area contributed by atoms with Crippen molar-refractivity contribution in [3.05, 3.63) is 197 Å². The number of ether oxygens (including phenoxy) is 2. The van der Waals surface area contributed by atoms with Gasteiger partial charge in [0.25, 0.3) is 0 Å². The lowest BCUT2D eigenvalue weighted by Crippen LogP contribution is -2.05. The van der Waals surface area contributed by atoms with Gasteiger partial charge in [0, 0.05) is 98.1 Å². The van der Waals surface area contributed by atoms with Crippen molar-refractivity contribution in [2.75, 3.05) is 13.2 Å². The van der Waals surface area contributed by atoms with Gasteiger partial charge in [-0.15, -0.1) is 0 Å². The molecule has 0 aliphatic heterocycles. The molecule has 0 radical (unpaired) electrons. The highest BCUT2D eigenvalue weighted by molar-refractivity contribution is 9.11. The normalized spacial score (nSPS) is 11.9. The molecule has 10 heteroatoms. The van der Waals surface area contributed by atoms with Gasteiger partial charge in [-0.1, -0.05) is 88.0 Å². The summed E-state index contributed by atoms with van der Waals surface area (Å²) in [6.07, 6.45) is 10.3. The minimum absolute atomic E-state index is 0.00848. The molecule has 0 amide bonds. The fourth-order valence-corrected chi connectivity index (χ4v) is 10.0. The Bertz CT molecular complexity index is 2750. The van der Waals surface area contributed by atoms with Crippen LogP contribution in [0.3, 0.4) is 0 Å². The van der Waals surface area contributed by atoms with Crippen LogP contribution >= 0.6 is 63.7 Å². The quantitative estimate of drug-likeness (QED) is 0.0868. The maximum absolute atomic E-state index is 6.24. The SMILES string of the molecule is Brc1ccc2[nH]cc(C(c3ccc(OCCCCOc4ccc(C(c5c[nH]c6ccc(Br)cc56)c5c[nH]c6ccc(Br)cc56)cc4)cc3)c3c[nH]c4ccc(Br)cc34)c2c1. The van der Waals surface area contributed by atoms with Crippen LogP contribution in [-0.4, -0.2) is 33.1 Å². The van der Waals surface area contributed by atoms with Crippen LogP contribution in [0.5, 0.6) is 11.5 Å². The third kappa shape index (κ3) is 7.75. The average Bonchev–Trinajstić information content (AvgIpc) is 4.07. The maximum atomic E-state index is 6.24. The van der Waals surface area contributed by atoms with E-state index in [0.717, 1.165) is 64.3 Å². The van der Waals surface area contributed by atoms with E-state index in [-0.39, 0.29) is 11.8 Å². The smallest absolute Gasteiger partial charge is 0.119 e. The Labute approximate surface area is 380 Å². The van der Waals surface area contributed by atoms with Crippen molar-refractivity contribution in [2.24, 2.45) is 0 Å². The summed E-state index contributed by atoms with van der Waals surface area (Å²) in [5.41, 5.74) is 11.7. The van der Waals surface area contributed by atoms with Crippen LogP contribution in [0.2, 0.25) is 0 Å². The molecule has 0 aliphatic carbocycles. The van der Waals surface area contributed by atoms with E-state index in [0.29, 0.717) is 13.2 Å². The van der Waals surface area contributed by atoms with Gasteiger partial charge in [0.2, 0.25) is 0 Å². The first-order valence-electron chi connectivity index (χ1n) is 19.9. The number of unbranched alkanes of at least 4 members (excludes halogenated alkanes) is 1. The maximum Gasteiger partial charge on any atom is 0.119 e. The molecule has 0 saturated carbocycles. The summed E-state index contributed by atoms with van der Waals surface area (Å²) in [4.78, 5) is 14.0. The van der Waals surface area contributed by atoms with Crippen LogP contribution in [0.1, 0.15) is 58.1 Å². The lowest BCUT2D eigenvalue weighted by molar-refractivity contribution is 0.266. The Morgan fingerprint density at radius 2 is 0.650 bits per heavy atom. The molecule has 0 bridgehead atoms. The second kappa shape index (κ2) is 16.8. The van der Waals surface area contributed by atoms with Gasteiger partial charge in [0.1, 0.15) is 11.5 Å². The summed E-state index contributed by atoms with van der Waals surface area (Å²) < 4.78 is 16.7. The number of rotatable bonds is 13. The number of aromatic nitrogens is 4. The van der Waals surface area contributed by atoms with Gasteiger partial charge in [-0.05, 0) is 143 Å². The zero-order valence-corrected chi connectivity index (χ0v) is 38.5. The molecule has 6 nitrogen and oxygen atoms in total. The minimum atomic E-state index is 0.00848. The molecule has 6 aromatic carbocycles. The highest BCUT2D eigenvalue weighted by Crippen LogP contribution is 2.43. The van der Waals surface area contributed by atoms with Crippen molar-refractivity contribution in [2.45, 2.75) is 24.7 Å². The van der Waals surface area contributed by atoms with Crippen LogP contribution in [0.4, 0.5) is 0 Å². The number of halogens is 4. The van der Waals surface area contributed by atoms with Crippen molar-refractivity contribution in [1.29, 1.82) is 0 Å². The first-order valence-corrected chi connectivity index (χ1v) is 23.0. The topological polar surface area (TPSA) is 81.6 Å². The third-order valence-corrected chi connectivity index (χ3v) is 13.4. The van der Waals surface area contributed by atoms with E-state index < -0.39 is 0 Å². The van der Waals surface area contributed by atoms with Crippen LogP contribution in [-0.2, 0) is 0 Å². The van der Waals surface area contributed by atoms with Crippen molar-refractivity contribution < 1.29 is 9.47 Å². The fourth-order valence-electron chi connectivity index (χ4n) is 8.56. The number of nitrogens with one attached hydrogen (secondary N) is 4. The molecular weight excluding hydrogens is 1010 g/mol. The molecule has 0 atom stereocenters. The molecule has 10 aromatic rings. The highest BCUT2D eigenvalue weighted by atomic mass is 79.9. The number of hydrogen-bond donors (Lipinski definition) is 4. The van der Waals surface area contributed by atoms with E-state index in [9.17, 15) is 0 Å². The summed E-state index contributed by atoms with van der Waals surface area (Å²) in [7, 11) is 0. The Morgan fingerprint density at radius 1 is 0.367 bits per heavy atom. The van der Waals surface area contributed by atoms with E-state index in [1.807, 2.05) is 0 Å². The molecule has 60 heavy (non-hydrogen) atoms. The molecule has 0 saturated heterocycles. The van der Waals surface area contributed by atoms with Gasteiger partial charge in [-0.2, -0.15) is 0 Å². The van der Waals surface area contributed by atoms with Gasteiger partial charge in [0.05, 0.1) is 13.2 Å². The summed E-state index contributed by atoms with van der Waals surface area (Å²) in [5.74, 6) is 1.73. The lowest BCUT2D eigenvalue weighted by atomic mass is 9.85. The molecule has 4 heterocycles. The Balaban J connectivity index is 0.801. The number of benzene rings is 6. The lowest BCUT2D eigenvalue weighted by Gasteiger charge is -2.18. The summed E-state index contributed by atoms with van der Waals surface area (Å²) in [6.45, 7) is 1.22. The number of aromatic amines is 4. The zero-order chi connectivity index (χ0) is 40.7. The Morgan fingerprint density at radius 3 is 0.933 bits per heavy atom. The van der Waals surface area contributed by atoms with E-state index >= 15 is 0 Å². The van der Waals surface area contributed by atoms with Crippen molar-refractivity contribution in [3.63, 3.8) is 0 Å². The largest absolute Gasteiger partial charge is 0.494 e. The van der Waals surface area contributed by atoms with Crippen LogP contribution < -0.4 is 9.47 Å². The van der Waals surface area contributed by atoms with Crippen LogP contribution in [0.25, 0.3) is 43.6 Å². The standard InChI is InChI=1S/C50H38Br4N4O2/c51-31-7-15-45-37(21-31)41(25-55-45)49(42-26-56-46-16-8-32(52)22-38(42)46)29-3-11-35(12-4-29)59-19-1-2-20-60-36-13-5-30(6-14-36)50(43-27-57-47-17-9-33(53)23-39(43)47)44-28-58-48-18-10-34(54)24-40(44)48/h3-18,21-28,49-50,55-58H,1-2,19-20H2. The summed E-state index contributed by atoms with van der Waals surface area (Å²) in [6, 6.07) is 42.7. The highest BCUT2D eigenvalue weighted by Gasteiger charge is 2.25. The molecule has 4 aromatic heterocycles. The van der Waals surface area contributed by atoms with Gasteiger partial charge in [0.15, 0.2) is 0 Å². The third-order valence-electron chi connectivity index (χ3n) is 11.5. The molecule has 0 unspecified atom stereocenters. The monoisotopic (exact) mass is 1040 g/mol. The second-order valence-corrected chi connectivity index (χ2v) is 18.8. The average molecular weight is 1050 g/mol. The number of fused-ring (bicyclic) bond motifs is 4. The van der Waals surface area contributed by atoms with Crippen molar-refractivity contribution in [1.82, 2.24) is 19.9 Å². The van der Waals surface area contributed by atoms with Crippen LogP contribution in [0, 0.1) is 0 Å². The predicted molar refractivity (Wildman–Crippen MR) is 259 cm³/mol. The van der Waals surface area contributed by atoms with Crippen LogP contribution in [0.15, 0.2) is 164 Å². The van der Waals surface area contributed by atoms with E-state index in [2.05, 4.69) is 230 Å². The van der Waals surface area contributed by atoms with Crippen molar-refractivity contribution >= 4 is 107 Å². The molecule has 298 valence electrons. The van der Waals surface area contributed by atoms with E-state index in [1.54, 1.807) is 0 Å². The Hall–Kier alpha value is -5.00. The minimum Gasteiger partial charge on any atom is -0.494 e. The van der Waals surface area contributed by atoms with Gasteiger partial charge < -0.3 is 29.4 Å². The van der Waals surface area contributed by atoms with Gasteiger partial charge in [-0.3, -0.25) is 0 Å². The van der Waals surface area contributed by atoms with E-state index in [4.69, 9.17) is 9.47 Å². The van der Waals surface area contributed by atoms with Gasteiger partial charge in [-0.25, -0.2) is 0 Å². The first kappa shape index (κ1) is 39.2. The molecule has 0 aliphatic rings. The fraction of sp³-hybridized carbons (Fsp3) is 0.120. The second-order valence-electron chi connectivity index (χ2n) is 15.1. The van der Waals surface area contributed by atoms with Gasteiger partial charge >= 0.3 is 0 Å². The van der Waals surface area contributed by atoms with Crippen molar-refractivity contribution in [3.8, 4) is 11.5 Å². The molecule has 10 rings (SSSR count). The number of H-pyrrole nitrogens is 4. The molecular formula is C50H38Br4N4O2. The first-order chi connectivity index (χ1) is 29.4. The summed E-state index contributed by atoms with van der Waals surface area (Å²) >= 11 is 14.8. The zero-order valence-electron chi connectivity index (χ0n) is 32.2. The predicted octanol–water partition coefficient (Wildman–Crippen LogP) is 15.3. The molecule has 0 fully saturated rings. The molecule has 0 spiro atoms.